The molecule has 1 aromatic rings. The van der Waals surface area contributed by atoms with Crippen molar-refractivity contribution in [2.24, 2.45) is 4.99 Å². The summed E-state index contributed by atoms with van der Waals surface area (Å²) in [4.78, 5) is 9.24. The van der Waals surface area contributed by atoms with Crippen LogP contribution in [-0.2, 0) is 4.74 Å². The SMILES string of the molecule is CC/C(=N/c1ccccc1N1CCOCC1)N(C)C. The number of hydrogen-bond acceptors (Lipinski definition) is 3. The van der Waals surface area contributed by atoms with Crippen molar-refractivity contribution in [3.05, 3.63) is 24.3 Å². The predicted octanol–water partition coefficient (Wildman–Crippen LogP) is 2.52. The highest BCUT2D eigenvalue weighted by atomic mass is 16.5. The second-order valence-corrected chi connectivity index (χ2v) is 4.86. The molecule has 2 rings (SSSR count). The van der Waals surface area contributed by atoms with Crippen molar-refractivity contribution in [2.75, 3.05) is 45.3 Å². The number of para-hydroxylation sites is 2. The van der Waals surface area contributed by atoms with Crippen molar-refractivity contribution in [3.63, 3.8) is 0 Å². The van der Waals surface area contributed by atoms with E-state index in [0.29, 0.717) is 0 Å². The largest absolute Gasteiger partial charge is 0.378 e. The maximum atomic E-state index is 5.42. The van der Waals surface area contributed by atoms with Gasteiger partial charge in [-0.15, -0.1) is 0 Å². The minimum atomic E-state index is 0.798. The topological polar surface area (TPSA) is 28.1 Å². The molecule has 0 aromatic heterocycles. The molecule has 0 radical (unpaired) electrons. The molecule has 1 saturated heterocycles. The van der Waals surface area contributed by atoms with E-state index in [2.05, 4.69) is 34.9 Å². The lowest BCUT2D eigenvalue weighted by molar-refractivity contribution is 0.123. The molecule has 0 aliphatic carbocycles. The quantitative estimate of drug-likeness (QED) is 0.618. The summed E-state index contributed by atoms with van der Waals surface area (Å²) in [5.74, 6) is 1.10. The monoisotopic (exact) mass is 261 g/mol. The lowest BCUT2D eigenvalue weighted by Crippen LogP contribution is -2.36. The van der Waals surface area contributed by atoms with Gasteiger partial charge in [0.1, 0.15) is 5.84 Å². The summed E-state index contributed by atoms with van der Waals surface area (Å²) < 4.78 is 5.42. The van der Waals surface area contributed by atoms with Gasteiger partial charge >= 0.3 is 0 Å². The first-order chi connectivity index (χ1) is 9.22. The second kappa shape index (κ2) is 6.57. The summed E-state index contributed by atoms with van der Waals surface area (Å²) >= 11 is 0. The van der Waals surface area contributed by atoms with Crippen LogP contribution in [0, 0.1) is 0 Å². The number of rotatable bonds is 3. The zero-order valence-electron chi connectivity index (χ0n) is 12.1. The van der Waals surface area contributed by atoms with Crippen LogP contribution in [0.4, 0.5) is 11.4 Å². The molecule has 104 valence electrons. The predicted molar refractivity (Wildman–Crippen MR) is 80.5 cm³/mol. The van der Waals surface area contributed by atoms with E-state index in [0.717, 1.165) is 44.2 Å². The van der Waals surface area contributed by atoms with Crippen LogP contribution in [-0.4, -0.2) is 51.1 Å². The van der Waals surface area contributed by atoms with Crippen LogP contribution in [0.1, 0.15) is 13.3 Å². The summed E-state index contributed by atoms with van der Waals surface area (Å²) in [6.07, 6.45) is 0.935. The first kappa shape index (κ1) is 13.9. The van der Waals surface area contributed by atoms with Gasteiger partial charge in [-0.05, 0) is 12.1 Å². The molecule has 4 heteroatoms. The summed E-state index contributed by atoms with van der Waals surface area (Å²) in [6.45, 7) is 5.61. The van der Waals surface area contributed by atoms with Gasteiger partial charge in [0.05, 0.1) is 24.6 Å². The summed E-state index contributed by atoms with van der Waals surface area (Å²) in [5, 5.41) is 0. The summed E-state index contributed by atoms with van der Waals surface area (Å²) in [5.41, 5.74) is 2.26. The Morgan fingerprint density at radius 3 is 2.58 bits per heavy atom. The first-order valence-electron chi connectivity index (χ1n) is 6.89. The molecule has 19 heavy (non-hydrogen) atoms. The van der Waals surface area contributed by atoms with Crippen molar-refractivity contribution in [3.8, 4) is 0 Å². The van der Waals surface area contributed by atoms with Crippen molar-refractivity contribution >= 4 is 17.2 Å². The summed E-state index contributed by atoms with van der Waals surface area (Å²) in [6, 6.07) is 8.36. The Morgan fingerprint density at radius 2 is 1.95 bits per heavy atom. The number of aliphatic imine (C=N–C) groups is 1. The number of hydrogen-bond donors (Lipinski definition) is 0. The van der Waals surface area contributed by atoms with Crippen LogP contribution in [0.25, 0.3) is 0 Å². The third-order valence-electron chi connectivity index (χ3n) is 3.32. The van der Waals surface area contributed by atoms with Gasteiger partial charge in [0.2, 0.25) is 0 Å². The molecule has 1 aliphatic rings. The molecular formula is C15H23N3O. The average molecular weight is 261 g/mol. The maximum Gasteiger partial charge on any atom is 0.104 e. The van der Waals surface area contributed by atoms with E-state index in [-0.39, 0.29) is 0 Å². The smallest absolute Gasteiger partial charge is 0.104 e. The molecule has 1 aliphatic heterocycles. The number of nitrogens with zero attached hydrogens (tertiary/aromatic N) is 3. The van der Waals surface area contributed by atoms with Gasteiger partial charge in [-0.25, -0.2) is 4.99 Å². The number of ether oxygens (including phenoxy) is 1. The van der Waals surface area contributed by atoms with Crippen LogP contribution in [0.15, 0.2) is 29.3 Å². The lowest BCUT2D eigenvalue weighted by Gasteiger charge is -2.30. The van der Waals surface area contributed by atoms with Crippen molar-refractivity contribution in [1.82, 2.24) is 4.90 Å². The Bertz CT molecular complexity index is 437. The van der Waals surface area contributed by atoms with E-state index in [4.69, 9.17) is 9.73 Å². The van der Waals surface area contributed by atoms with Gasteiger partial charge in [0.25, 0.3) is 0 Å². The van der Waals surface area contributed by atoms with Crippen molar-refractivity contribution in [1.29, 1.82) is 0 Å². The molecular weight excluding hydrogens is 238 g/mol. The Balaban J connectivity index is 2.29. The van der Waals surface area contributed by atoms with E-state index in [9.17, 15) is 0 Å². The third-order valence-corrected chi connectivity index (χ3v) is 3.32. The molecule has 4 nitrogen and oxygen atoms in total. The van der Waals surface area contributed by atoms with Gasteiger partial charge in [-0.3, -0.25) is 0 Å². The number of morpholine rings is 1. The maximum absolute atomic E-state index is 5.42. The molecule has 0 unspecified atom stereocenters. The molecule has 0 bridgehead atoms. The van der Waals surface area contributed by atoms with E-state index >= 15 is 0 Å². The molecule has 1 fully saturated rings. The highest BCUT2D eigenvalue weighted by molar-refractivity contribution is 5.86. The molecule has 0 atom stereocenters. The van der Waals surface area contributed by atoms with Gasteiger partial charge < -0.3 is 14.5 Å². The second-order valence-electron chi connectivity index (χ2n) is 4.86. The fourth-order valence-corrected chi connectivity index (χ4v) is 2.26. The fourth-order valence-electron chi connectivity index (χ4n) is 2.26. The lowest BCUT2D eigenvalue weighted by atomic mass is 10.2. The summed E-state index contributed by atoms with van der Waals surface area (Å²) in [7, 11) is 4.08. The zero-order valence-corrected chi connectivity index (χ0v) is 12.1. The third kappa shape index (κ3) is 3.47. The highest BCUT2D eigenvalue weighted by Crippen LogP contribution is 2.29. The Hall–Kier alpha value is -1.55. The number of amidine groups is 1. The molecule has 0 amide bonds. The van der Waals surface area contributed by atoms with Gasteiger partial charge in [0, 0.05) is 33.6 Å². The molecule has 0 saturated carbocycles. The van der Waals surface area contributed by atoms with E-state index in [1.165, 1.54) is 5.69 Å². The van der Waals surface area contributed by atoms with E-state index in [1.807, 2.05) is 20.2 Å². The van der Waals surface area contributed by atoms with E-state index < -0.39 is 0 Å². The Morgan fingerprint density at radius 1 is 1.26 bits per heavy atom. The Kier molecular flexibility index (Phi) is 4.80. The van der Waals surface area contributed by atoms with Gasteiger partial charge in [0.15, 0.2) is 0 Å². The molecule has 1 heterocycles. The van der Waals surface area contributed by atoms with E-state index in [1.54, 1.807) is 0 Å². The molecule has 0 N–H and O–H groups in total. The average Bonchev–Trinajstić information content (AvgIpc) is 2.45. The van der Waals surface area contributed by atoms with Crippen molar-refractivity contribution in [2.45, 2.75) is 13.3 Å². The Labute approximate surface area is 115 Å². The zero-order chi connectivity index (χ0) is 13.7. The van der Waals surface area contributed by atoms with Gasteiger partial charge in [-0.1, -0.05) is 19.1 Å². The van der Waals surface area contributed by atoms with Crippen LogP contribution in [0.2, 0.25) is 0 Å². The van der Waals surface area contributed by atoms with Gasteiger partial charge in [-0.2, -0.15) is 0 Å². The first-order valence-corrected chi connectivity index (χ1v) is 6.89. The number of anilines is 1. The van der Waals surface area contributed by atoms with Crippen LogP contribution in [0.3, 0.4) is 0 Å². The molecule has 1 aromatic carbocycles. The van der Waals surface area contributed by atoms with Crippen molar-refractivity contribution < 1.29 is 4.74 Å². The normalized spacial score (nSPS) is 16.6. The minimum Gasteiger partial charge on any atom is -0.378 e. The highest BCUT2D eigenvalue weighted by Gasteiger charge is 2.14. The van der Waals surface area contributed by atoms with Crippen LogP contribution >= 0.6 is 0 Å². The standard InChI is InChI=1S/C15H23N3O/c1-4-15(17(2)3)16-13-7-5-6-8-14(13)18-9-11-19-12-10-18/h5-8H,4,9-12H2,1-3H3/b16-15-. The molecule has 0 spiro atoms. The minimum absolute atomic E-state index is 0.798. The fraction of sp³-hybridized carbons (Fsp3) is 0.533. The van der Waals surface area contributed by atoms with Crippen LogP contribution < -0.4 is 4.90 Å². The van der Waals surface area contributed by atoms with Crippen LogP contribution in [0.5, 0.6) is 0 Å². The number of benzene rings is 1.